The molecule has 1 saturated heterocycles. The molecule has 0 bridgehead atoms. The third-order valence-corrected chi connectivity index (χ3v) is 6.65. The highest BCUT2D eigenvalue weighted by atomic mass is 16.5. The number of benzene rings is 3. The van der Waals surface area contributed by atoms with Crippen LogP contribution in [0.3, 0.4) is 0 Å². The summed E-state index contributed by atoms with van der Waals surface area (Å²) >= 11 is 0. The van der Waals surface area contributed by atoms with Crippen LogP contribution in [0.5, 0.6) is 0 Å². The van der Waals surface area contributed by atoms with Crippen LogP contribution in [0, 0.1) is 0 Å². The zero-order valence-corrected chi connectivity index (χ0v) is 18.0. The SMILES string of the molecule is O=c1c2cc(Cc3ccnc4ccccc34)c3ccccc3c2ncn1[C@H]1CCOC[C@@H]1O. The van der Waals surface area contributed by atoms with Crippen LogP contribution in [0.15, 0.2) is 78.0 Å². The van der Waals surface area contributed by atoms with Crippen LogP contribution in [0.2, 0.25) is 0 Å². The predicted molar refractivity (Wildman–Crippen MR) is 129 cm³/mol. The van der Waals surface area contributed by atoms with Gasteiger partial charge in [0.2, 0.25) is 0 Å². The lowest BCUT2D eigenvalue weighted by Gasteiger charge is -2.29. The van der Waals surface area contributed by atoms with Gasteiger partial charge < -0.3 is 9.84 Å². The molecule has 2 atom stereocenters. The maximum Gasteiger partial charge on any atom is 0.261 e. The van der Waals surface area contributed by atoms with Crippen LogP contribution >= 0.6 is 0 Å². The molecule has 1 fully saturated rings. The molecule has 1 aliphatic heterocycles. The van der Waals surface area contributed by atoms with Crippen LogP contribution in [0.25, 0.3) is 32.6 Å². The minimum absolute atomic E-state index is 0.127. The lowest BCUT2D eigenvalue weighted by molar-refractivity contribution is -0.0395. The van der Waals surface area contributed by atoms with Gasteiger partial charge in [-0.2, -0.15) is 0 Å². The van der Waals surface area contributed by atoms with Crippen molar-refractivity contribution in [3.05, 3.63) is 94.7 Å². The first-order chi connectivity index (χ1) is 16.2. The van der Waals surface area contributed by atoms with Gasteiger partial charge in [-0.3, -0.25) is 14.3 Å². The quantitative estimate of drug-likeness (QED) is 0.432. The Kier molecular flexibility index (Phi) is 4.89. The second kappa shape index (κ2) is 8.06. The smallest absolute Gasteiger partial charge is 0.261 e. The Morgan fingerprint density at radius 1 is 0.939 bits per heavy atom. The monoisotopic (exact) mass is 437 g/mol. The normalized spacial score (nSPS) is 18.8. The van der Waals surface area contributed by atoms with E-state index in [2.05, 4.69) is 22.1 Å². The summed E-state index contributed by atoms with van der Waals surface area (Å²) in [4.78, 5) is 22.8. The molecule has 0 unspecified atom stereocenters. The zero-order valence-electron chi connectivity index (χ0n) is 18.0. The molecule has 3 heterocycles. The van der Waals surface area contributed by atoms with Crippen molar-refractivity contribution in [1.29, 1.82) is 0 Å². The molecule has 0 aliphatic carbocycles. The van der Waals surface area contributed by atoms with Gasteiger partial charge in [0.1, 0.15) is 0 Å². The second-order valence-corrected chi connectivity index (χ2v) is 8.60. The van der Waals surface area contributed by atoms with Crippen LogP contribution in [0.1, 0.15) is 23.6 Å². The van der Waals surface area contributed by atoms with Gasteiger partial charge in [-0.05, 0) is 47.6 Å². The number of hydrogen-bond donors (Lipinski definition) is 1. The lowest BCUT2D eigenvalue weighted by atomic mass is 9.94. The molecule has 0 spiro atoms. The number of nitrogens with zero attached hydrogens (tertiary/aromatic N) is 3. The van der Waals surface area contributed by atoms with E-state index in [1.54, 1.807) is 10.9 Å². The molecule has 1 N–H and O–H groups in total. The average Bonchev–Trinajstić information content (AvgIpc) is 2.86. The number of hydrogen-bond acceptors (Lipinski definition) is 5. The Morgan fingerprint density at radius 3 is 2.58 bits per heavy atom. The molecule has 2 aromatic heterocycles. The average molecular weight is 437 g/mol. The Balaban J connectivity index is 1.56. The fraction of sp³-hybridized carbons (Fsp3) is 0.222. The fourth-order valence-electron chi connectivity index (χ4n) is 4.98. The predicted octanol–water partition coefficient (Wildman–Crippen LogP) is 4.01. The van der Waals surface area contributed by atoms with E-state index in [1.807, 2.05) is 54.7 Å². The third kappa shape index (κ3) is 3.39. The lowest BCUT2D eigenvalue weighted by Crippen LogP contribution is -2.39. The Morgan fingerprint density at radius 2 is 1.73 bits per heavy atom. The summed E-state index contributed by atoms with van der Waals surface area (Å²) in [6.07, 6.45) is 3.94. The molecule has 6 nitrogen and oxygen atoms in total. The number of aliphatic hydroxyl groups excluding tert-OH is 1. The van der Waals surface area contributed by atoms with Gasteiger partial charge in [0.05, 0.1) is 41.5 Å². The number of aromatic nitrogens is 3. The first kappa shape index (κ1) is 20.0. The van der Waals surface area contributed by atoms with Crippen LogP contribution in [-0.4, -0.2) is 39.0 Å². The standard InChI is InChI=1S/C27H23N3O3/c31-25-15-33-12-10-24(25)30-16-29-26-21-7-2-1-5-19(21)18(14-22(26)27(30)32)13-17-9-11-28-23-8-4-3-6-20(17)23/h1-9,11,14,16,24-25,31H,10,12-13,15H2/t24-,25-/m0/s1. The van der Waals surface area contributed by atoms with Gasteiger partial charge in [-0.25, -0.2) is 4.98 Å². The minimum atomic E-state index is -0.723. The fourth-order valence-corrected chi connectivity index (χ4v) is 4.98. The molecule has 0 saturated carbocycles. The van der Waals surface area contributed by atoms with Gasteiger partial charge in [0, 0.05) is 23.6 Å². The first-order valence-corrected chi connectivity index (χ1v) is 11.2. The van der Waals surface area contributed by atoms with E-state index in [1.165, 1.54) is 0 Å². The Hall–Kier alpha value is -3.61. The van der Waals surface area contributed by atoms with E-state index < -0.39 is 6.10 Å². The largest absolute Gasteiger partial charge is 0.389 e. The molecule has 1 aliphatic rings. The summed E-state index contributed by atoms with van der Waals surface area (Å²) in [5.41, 5.74) is 3.75. The van der Waals surface area contributed by atoms with Crippen molar-refractivity contribution < 1.29 is 9.84 Å². The number of ether oxygens (including phenoxy) is 1. The molecule has 6 rings (SSSR count). The highest BCUT2D eigenvalue weighted by molar-refractivity contribution is 6.06. The van der Waals surface area contributed by atoms with Crippen LogP contribution < -0.4 is 5.56 Å². The highest BCUT2D eigenvalue weighted by Crippen LogP contribution is 2.30. The van der Waals surface area contributed by atoms with E-state index in [4.69, 9.17) is 4.74 Å². The number of pyridine rings is 1. The molecule has 0 amide bonds. The minimum Gasteiger partial charge on any atom is -0.389 e. The van der Waals surface area contributed by atoms with Gasteiger partial charge in [0.25, 0.3) is 5.56 Å². The van der Waals surface area contributed by atoms with Crippen molar-refractivity contribution >= 4 is 32.6 Å². The maximum absolute atomic E-state index is 13.6. The van der Waals surface area contributed by atoms with Crippen molar-refractivity contribution in [3.63, 3.8) is 0 Å². The van der Waals surface area contributed by atoms with E-state index in [9.17, 15) is 9.90 Å². The zero-order chi connectivity index (χ0) is 22.4. The summed E-state index contributed by atoms with van der Waals surface area (Å²) in [5.74, 6) is 0. The van der Waals surface area contributed by atoms with Crippen LogP contribution in [-0.2, 0) is 11.2 Å². The van der Waals surface area contributed by atoms with Crippen LogP contribution in [0.4, 0.5) is 0 Å². The number of aliphatic hydroxyl groups is 1. The van der Waals surface area contributed by atoms with Gasteiger partial charge in [0.15, 0.2) is 0 Å². The topological polar surface area (TPSA) is 77.2 Å². The summed E-state index contributed by atoms with van der Waals surface area (Å²) < 4.78 is 6.93. The maximum atomic E-state index is 13.6. The molecular formula is C27H23N3O3. The van der Waals surface area contributed by atoms with Crippen molar-refractivity contribution in [2.75, 3.05) is 13.2 Å². The van der Waals surface area contributed by atoms with E-state index in [0.29, 0.717) is 30.4 Å². The summed E-state index contributed by atoms with van der Waals surface area (Å²) in [6, 6.07) is 19.9. The third-order valence-electron chi connectivity index (χ3n) is 6.65. The summed E-state index contributed by atoms with van der Waals surface area (Å²) in [7, 11) is 0. The Bertz CT molecular complexity index is 1550. The molecular weight excluding hydrogens is 414 g/mol. The van der Waals surface area contributed by atoms with Gasteiger partial charge >= 0.3 is 0 Å². The van der Waals surface area contributed by atoms with Crippen molar-refractivity contribution in [3.8, 4) is 0 Å². The number of fused-ring (bicyclic) bond motifs is 4. The van der Waals surface area contributed by atoms with E-state index in [-0.39, 0.29) is 18.2 Å². The molecule has 164 valence electrons. The van der Waals surface area contributed by atoms with Crippen molar-refractivity contribution in [1.82, 2.24) is 14.5 Å². The highest BCUT2D eigenvalue weighted by Gasteiger charge is 2.27. The van der Waals surface area contributed by atoms with Crippen molar-refractivity contribution in [2.45, 2.75) is 25.0 Å². The summed E-state index contributed by atoms with van der Waals surface area (Å²) in [6.45, 7) is 0.748. The number of rotatable bonds is 3. The molecule has 5 aromatic rings. The molecule has 3 aromatic carbocycles. The first-order valence-electron chi connectivity index (χ1n) is 11.2. The van der Waals surface area contributed by atoms with E-state index in [0.717, 1.165) is 32.8 Å². The molecule has 33 heavy (non-hydrogen) atoms. The van der Waals surface area contributed by atoms with Gasteiger partial charge in [-0.15, -0.1) is 0 Å². The number of para-hydroxylation sites is 1. The molecule has 6 heteroatoms. The summed E-state index contributed by atoms with van der Waals surface area (Å²) in [5, 5.41) is 14.1. The van der Waals surface area contributed by atoms with Gasteiger partial charge in [-0.1, -0.05) is 42.5 Å². The Labute approximate surface area is 190 Å². The second-order valence-electron chi connectivity index (χ2n) is 8.60. The van der Waals surface area contributed by atoms with Crippen molar-refractivity contribution in [2.24, 2.45) is 0 Å². The molecule has 0 radical (unpaired) electrons. The van der Waals surface area contributed by atoms with E-state index >= 15 is 0 Å².